The van der Waals surface area contributed by atoms with Crippen LogP contribution in [0.4, 0.5) is 0 Å². The number of nitriles is 1. The zero-order valence-electron chi connectivity index (χ0n) is 20.2. The molecule has 0 saturated carbocycles. The quantitative estimate of drug-likeness (QED) is 0.327. The number of thiophene rings is 1. The molecule has 0 unspecified atom stereocenters. The van der Waals surface area contributed by atoms with Crippen molar-refractivity contribution in [3.8, 4) is 11.8 Å². The summed E-state index contributed by atoms with van der Waals surface area (Å²) < 4.78 is 34.7. The van der Waals surface area contributed by atoms with Gasteiger partial charge in [0.05, 0.1) is 23.6 Å². The highest BCUT2D eigenvalue weighted by Crippen LogP contribution is 2.31. The molecule has 188 valence electrons. The van der Waals surface area contributed by atoms with Crippen LogP contribution in [0.1, 0.15) is 22.4 Å². The van der Waals surface area contributed by atoms with Gasteiger partial charge >= 0.3 is 0 Å². The zero-order valence-corrected chi connectivity index (χ0v) is 21.8. The van der Waals surface area contributed by atoms with Crippen LogP contribution >= 0.6 is 11.3 Å². The number of rotatable bonds is 8. The number of benzene rings is 3. The summed E-state index contributed by atoms with van der Waals surface area (Å²) in [5.74, 6) is 0.407. The van der Waals surface area contributed by atoms with Crippen LogP contribution in [-0.2, 0) is 27.9 Å². The fourth-order valence-electron chi connectivity index (χ4n) is 4.65. The van der Waals surface area contributed by atoms with E-state index in [1.165, 1.54) is 15.6 Å². The van der Waals surface area contributed by atoms with Gasteiger partial charge < -0.3 is 9.64 Å². The van der Waals surface area contributed by atoms with Crippen molar-refractivity contribution in [2.45, 2.75) is 30.4 Å². The van der Waals surface area contributed by atoms with Crippen LogP contribution in [0.3, 0.4) is 0 Å². The SMILES string of the molecule is COc1ccc2ccc(S(=O)(=O)N(Cc3cccs3)[C@H]3CCN(Cc4cccc(C#N)c4)C3=O)cc2c1. The molecule has 0 bridgehead atoms. The number of methoxy groups -OCH3 is 1. The van der Waals surface area contributed by atoms with E-state index < -0.39 is 16.1 Å². The monoisotopic (exact) mass is 531 g/mol. The molecule has 37 heavy (non-hydrogen) atoms. The van der Waals surface area contributed by atoms with Crippen LogP contribution in [0.5, 0.6) is 5.75 Å². The van der Waals surface area contributed by atoms with Crippen LogP contribution in [0.2, 0.25) is 0 Å². The van der Waals surface area contributed by atoms with Crippen molar-refractivity contribution < 1.29 is 17.9 Å². The lowest BCUT2D eigenvalue weighted by Gasteiger charge is -2.27. The Morgan fingerprint density at radius 1 is 1.08 bits per heavy atom. The van der Waals surface area contributed by atoms with Gasteiger partial charge in [-0.3, -0.25) is 4.79 Å². The summed E-state index contributed by atoms with van der Waals surface area (Å²) in [7, 11) is -2.43. The third kappa shape index (κ3) is 5.09. The third-order valence-corrected chi connectivity index (χ3v) is 9.28. The van der Waals surface area contributed by atoms with E-state index in [4.69, 9.17) is 4.74 Å². The first-order valence-electron chi connectivity index (χ1n) is 11.8. The molecule has 3 aromatic carbocycles. The number of carbonyl (C=O) groups excluding carboxylic acids is 1. The molecule has 0 radical (unpaired) electrons. The summed E-state index contributed by atoms with van der Waals surface area (Å²) in [5, 5.41) is 12.7. The van der Waals surface area contributed by atoms with Crippen molar-refractivity contribution in [3.63, 3.8) is 0 Å². The van der Waals surface area contributed by atoms with Crippen molar-refractivity contribution in [2.75, 3.05) is 13.7 Å². The Hall–Kier alpha value is -3.71. The Balaban J connectivity index is 1.47. The Labute approximate surface area is 220 Å². The van der Waals surface area contributed by atoms with Gasteiger partial charge in [0.15, 0.2) is 0 Å². The standard InChI is InChI=1S/C28H25N3O4S2/c1-35-24-9-7-22-8-10-26(16-23(22)15-24)37(33,34)31(19-25-6-3-13-36-25)27-11-12-30(28(27)32)18-21-5-2-4-20(14-21)17-29/h2-10,13-16,27H,11-12,18-19H2,1H3/t27-/m0/s1. The minimum Gasteiger partial charge on any atom is -0.497 e. The number of ether oxygens (including phenoxy) is 1. The van der Waals surface area contributed by atoms with Crippen LogP contribution in [-0.4, -0.2) is 43.2 Å². The maximum absolute atomic E-state index is 14.0. The van der Waals surface area contributed by atoms with E-state index in [0.717, 1.165) is 21.2 Å². The molecule has 1 aliphatic heterocycles. The molecule has 1 amide bonds. The largest absolute Gasteiger partial charge is 0.497 e. The van der Waals surface area contributed by atoms with E-state index >= 15 is 0 Å². The minimum atomic E-state index is -4.00. The second kappa shape index (κ2) is 10.3. The summed E-state index contributed by atoms with van der Waals surface area (Å²) in [6, 6.07) is 22.7. The van der Waals surface area contributed by atoms with Crippen molar-refractivity contribution in [1.29, 1.82) is 5.26 Å². The van der Waals surface area contributed by atoms with Crippen LogP contribution in [0.15, 0.2) is 83.1 Å². The maximum Gasteiger partial charge on any atom is 0.244 e. The average Bonchev–Trinajstić information content (AvgIpc) is 3.56. The number of fused-ring (bicyclic) bond motifs is 1. The molecule has 0 N–H and O–H groups in total. The van der Waals surface area contributed by atoms with E-state index in [1.807, 2.05) is 35.7 Å². The Morgan fingerprint density at radius 2 is 1.92 bits per heavy atom. The molecule has 1 saturated heterocycles. The van der Waals surface area contributed by atoms with Crippen molar-refractivity contribution in [1.82, 2.24) is 9.21 Å². The Morgan fingerprint density at radius 3 is 2.68 bits per heavy atom. The van der Waals surface area contributed by atoms with E-state index in [-0.39, 0.29) is 17.3 Å². The van der Waals surface area contributed by atoms with Gasteiger partial charge in [0.2, 0.25) is 15.9 Å². The van der Waals surface area contributed by atoms with Gasteiger partial charge in [0.1, 0.15) is 11.8 Å². The number of likely N-dealkylation sites (tertiary alicyclic amines) is 1. The minimum absolute atomic E-state index is 0.115. The van der Waals surface area contributed by atoms with E-state index in [9.17, 15) is 18.5 Å². The molecule has 4 aromatic rings. The molecular weight excluding hydrogens is 506 g/mol. The van der Waals surface area contributed by atoms with Gasteiger partial charge in [-0.2, -0.15) is 9.57 Å². The van der Waals surface area contributed by atoms with Gasteiger partial charge in [-0.05, 0) is 70.6 Å². The summed E-state index contributed by atoms with van der Waals surface area (Å²) in [6.45, 7) is 0.878. The van der Waals surface area contributed by atoms with E-state index in [1.54, 1.807) is 54.5 Å². The number of amides is 1. The fourth-order valence-corrected chi connectivity index (χ4v) is 7.06. The molecule has 0 aliphatic carbocycles. The van der Waals surface area contributed by atoms with Crippen LogP contribution < -0.4 is 4.74 Å². The summed E-state index contributed by atoms with van der Waals surface area (Å²) >= 11 is 1.46. The first-order valence-corrected chi connectivity index (χ1v) is 14.1. The lowest BCUT2D eigenvalue weighted by molar-refractivity contribution is -0.131. The van der Waals surface area contributed by atoms with E-state index in [0.29, 0.717) is 30.8 Å². The van der Waals surface area contributed by atoms with E-state index in [2.05, 4.69) is 6.07 Å². The predicted molar refractivity (Wildman–Crippen MR) is 143 cm³/mol. The second-order valence-corrected chi connectivity index (χ2v) is 11.8. The molecule has 1 atom stereocenters. The summed E-state index contributed by atoms with van der Waals surface area (Å²) in [6.07, 6.45) is 0.392. The molecule has 0 spiro atoms. The molecule has 1 aliphatic rings. The highest BCUT2D eigenvalue weighted by molar-refractivity contribution is 7.89. The summed E-state index contributed by atoms with van der Waals surface area (Å²) in [4.78, 5) is 16.2. The molecule has 5 rings (SSSR count). The number of hydrogen-bond acceptors (Lipinski definition) is 6. The topological polar surface area (TPSA) is 90.7 Å². The number of hydrogen-bond donors (Lipinski definition) is 0. The zero-order chi connectivity index (χ0) is 26.0. The number of sulfonamides is 1. The summed E-state index contributed by atoms with van der Waals surface area (Å²) in [5.41, 5.74) is 1.36. The fraction of sp³-hybridized carbons (Fsp3) is 0.214. The van der Waals surface area contributed by atoms with Gasteiger partial charge in [0.25, 0.3) is 0 Å². The van der Waals surface area contributed by atoms with Gasteiger partial charge in [-0.1, -0.05) is 30.3 Å². The van der Waals surface area contributed by atoms with Crippen molar-refractivity contribution in [3.05, 3.63) is 94.2 Å². The molecule has 7 nitrogen and oxygen atoms in total. The second-order valence-electron chi connectivity index (χ2n) is 8.88. The first-order chi connectivity index (χ1) is 17.9. The predicted octanol–water partition coefficient (Wildman–Crippen LogP) is 4.77. The van der Waals surface area contributed by atoms with Crippen molar-refractivity contribution in [2.24, 2.45) is 0 Å². The first kappa shape index (κ1) is 25.0. The molecule has 1 fully saturated rings. The number of carbonyl (C=O) groups is 1. The lowest BCUT2D eigenvalue weighted by Crippen LogP contribution is -2.44. The van der Waals surface area contributed by atoms with Gasteiger partial charge in [0, 0.05) is 24.5 Å². The Kier molecular flexibility index (Phi) is 6.98. The van der Waals surface area contributed by atoms with Crippen LogP contribution in [0.25, 0.3) is 10.8 Å². The molecule has 2 heterocycles. The molecule has 1 aromatic heterocycles. The average molecular weight is 532 g/mol. The normalized spacial score (nSPS) is 15.9. The van der Waals surface area contributed by atoms with Gasteiger partial charge in [-0.25, -0.2) is 8.42 Å². The smallest absolute Gasteiger partial charge is 0.244 e. The van der Waals surface area contributed by atoms with Crippen molar-refractivity contribution >= 4 is 38.0 Å². The highest BCUT2D eigenvalue weighted by Gasteiger charge is 2.42. The maximum atomic E-state index is 14.0. The molecule has 9 heteroatoms. The highest BCUT2D eigenvalue weighted by atomic mass is 32.2. The molecular formula is C28H25N3O4S2. The Bertz CT molecular complexity index is 1590. The van der Waals surface area contributed by atoms with Gasteiger partial charge in [-0.15, -0.1) is 11.3 Å². The third-order valence-electron chi connectivity index (χ3n) is 6.56. The number of nitrogens with zero attached hydrogens (tertiary/aromatic N) is 3. The van der Waals surface area contributed by atoms with Crippen LogP contribution in [0, 0.1) is 11.3 Å². The lowest BCUT2D eigenvalue weighted by atomic mass is 10.1.